The second kappa shape index (κ2) is 7.05. The van der Waals surface area contributed by atoms with Gasteiger partial charge in [0.25, 0.3) is 0 Å². The lowest BCUT2D eigenvalue weighted by molar-refractivity contribution is 0.432. The molecule has 1 saturated carbocycles. The predicted octanol–water partition coefficient (Wildman–Crippen LogP) is 3.90. The summed E-state index contributed by atoms with van der Waals surface area (Å²) >= 11 is 0. The summed E-state index contributed by atoms with van der Waals surface area (Å²) in [6.07, 6.45) is 10.7. The monoisotopic (exact) mass is 209 g/mol. The fourth-order valence-electron chi connectivity index (χ4n) is 2.42. The topological polar surface area (TPSA) is 12.0 Å². The van der Waals surface area contributed by atoms with E-state index in [0.29, 0.717) is 0 Å². The van der Waals surface area contributed by atoms with Gasteiger partial charge >= 0.3 is 0 Å². The maximum absolute atomic E-state index is 3.66. The van der Waals surface area contributed by atoms with E-state index in [1.165, 1.54) is 44.1 Å². The van der Waals surface area contributed by atoms with Crippen LogP contribution < -0.4 is 5.32 Å². The average molecular weight is 209 g/mol. The standard InChI is InChI=1S/C14H27N/c1-4-13-6-5-7-14(9-8-13)15-11-10-12(2)3/h10,13-15H,4-9,11H2,1-3H3. The largest absolute Gasteiger partial charge is 0.311 e. The molecule has 88 valence electrons. The molecule has 0 aliphatic heterocycles. The highest BCUT2D eigenvalue weighted by molar-refractivity contribution is 4.95. The van der Waals surface area contributed by atoms with Crippen LogP contribution in [-0.2, 0) is 0 Å². The number of hydrogen-bond donors (Lipinski definition) is 1. The zero-order valence-electron chi connectivity index (χ0n) is 10.7. The molecule has 1 rings (SSSR count). The molecule has 1 nitrogen and oxygen atoms in total. The molecule has 1 heteroatoms. The van der Waals surface area contributed by atoms with E-state index in [1.807, 2.05) is 0 Å². The van der Waals surface area contributed by atoms with Gasteiger partial charge in [-0.15, -0.1) is 0 Å². The van der Waals surface area contributed by atoms with Gasteiger partial charge in [-0.25, -0.2) is 0 Å². The third kappa shape index (κ3) is 5.36. The molecule has 0 aromatic rings. The maximum Gasteiger partial charge on any atom is 0.0139 e. The Labute approximate surface area is 95.3 Å². The Balaban J connectivity index is 2.22. The molecule has 0 aromatic carbocycles. The summed E-state index contributed by atoms with van der Waals surface area (Å²) in [5.74, 6) is 1.00. The summed E-state index contributed by atoms with van der Waals surface area (Å²) in [6, 6.07) is 0.775. The number of hydrogen-bond acceptors (Lipinski definition) is 1. The molecule has 0 heterocycles. The zero-order chi connectivity index (χ0) is 11.1. The third-order valence-corrected chi connectivity index (χ3v) is 3.58. The van der Waals surface area contributed by atoms with Gasteiger partial charge in [-0.2, -0.15) is 0 Å². The summed E-state index contributed by atoms with van der Waals surface area (Å²) in [5, 5.41) is 3.66. The van der Waals surface area contributed by atoms with Crippen LogP contribution in [0.1, 0.15) is 59.3 Å². The van der Waals surface area contributed by atoms with Crippen LogP contribution in [-0.4, -0.2) is 12.6 Å². The van der Waals surface area contributed by atoms with Gasteiger partial charge in [-0.05, 0) is 39.0 Å². The third-order valence-electron chi connectivity index (χ3n) is 3.58. The highest BCUT2D eigenvalue weighted by atomic mass is 14.9. The Morgan fingerprint density at radius 2 is 2.00 bits per heavy atom. The van der Waals surface area contributed by atoms with E-state index >= 15 is 0 Å². The highest BCUT2D eigenvalue weighted by Crippen LogP contribution is 2.25. The Hall–Kier alpha value is -0.300. The number of rotatable bonds is 4. The van der Waals surface area contributed by atoms with Crippen molar-refractivity contribution in [3.8, 4) is 0 Å². The Bertz CT molecular complexity index is 192. The van der Waals surface area contributed by atoms with Gasteiger partial charge in [0.1, 0.15) is 0 Å². The first-order chi connectivity index (χ1) is 7.22. The Morgan fingerprint density at radius 3 is 2.67 bits per heavy atom. The van der Waals surface area contributed by atoms with E-state index < -0.39 is 0 Å². The van der Waals surface area contributed by atoms with Crippen molar-refractivity contribution >= 4 is 0 Å². The summed E-state index contributed by atoms with van der Waals surface area (Å²) in [6.45, 7) is 7.73. The molecule has 0 aromatic heterocycles. The molecule has 1 aliphatic carbocycles. The van der Waals surface area contributed by atoms with Crippen LogP contribution in [0.2, 0.25) is 0 Å². The van der Waals surface area contributed by atoms with Crippen molar-refractivity contribution in [3.63, 3.8) is 0 Å². The molecule has 0 amide bonds. The lowest BCUT2D eigenvalue weighted by Crippen LogP contribution is -2.28. The highest BCUT2D eigenvalue weighted by Gasteiger charge is 2.16. The van der Waals surface area contributed by atoms with Crippen molar-refractivity contribution in [2.45, 2.75) is 65.3 Å². The lowest BCUT2D eigenvalue weighted by atomic mass is 9.98. The molecule has 0 spiro atoms. The first-order valence-corrected chi connectivity index (χ1v) is 6.59. The molecule has 1 N–H and O–H groups in total. The first-order valence-electron chi connectivity index (χ1n) is 6.59. The van der Waals surface area contributed by atoms with Crippen molar-refractivity contribution < 1.29 is 0 Å². The van der Waals surface area contributed by atoms with E-state index in [4.69, 9.17) is 0 Å². The Kier molecular flexibility index (Phi) is 6.00. The van der Waals surface area contributed by atoms with Crippen LogP contribution in [0.25, 0.3) is 0 Å². The number of nitrogens with one attached hydrogen (secondary N) is 1. The maximum atomic E-state index is 3.66. The zero-order valence-corrected chi connectivity index (χ0v) is 10.7. The van der Waals surface area contributed by atoms with Gasteiger partial charge < -0.3 is 5.32 Å². The molecular weight excluding hydrogens is 182 g/mol. The van der Waals surface area contributed by atoms with Gasteiger partial charge in [-0.3, -0.25) is 0 Å². The van der Waals surface area contributed by atoms with Gasteiger partial charge in [0.05, 0.1) is 0 Å². The molecular formula is C14H27N. The molecule has 2 atom stereocenters. The minimum absolute atomic E-state index is 0.775. The number of allylic oxidation sites excluding steroid dienone is 1. The lowest BCUT2D eigenvalue weighted by Gasteiger charge is -2.15. The van der Waals surface area contributed by atoms with Crippen molar-refractivity contribution in [2.24, 2.45) is 5.92 Å². The van der Waals surface area contributed by atoms with E-state index in [2.05, 4.69) is 32.2 Å². The van der Waals surface area contributed by atoms with Crippen molar-refractivity contribution in [1.29, 1.82) is 0 Å². The normalized spacial score (nSPS) is 27.1. The van der Waals surface area contributed by atoms with Crippen molar-refractivity contribution in [3.05, 3.63) is 11.6 Å². The van der Waals surface area contributed by atoms with Gasteiger partial charge in [0, 0.05) is 12.6 Å². The van der Waals surface area contributed by atoms with E-state index in [0.717, 1.165) is 18.5 Å². The quantitative estimate of drug-likeness (QED) is 0.547. The van der Waals surface area contributed by atoms with Gasteiger partial charge in [0.2, 0.25) is 0 Å². The SMILES string of the molecule is CCC1CCCC(NCC=C(C)C)CC1. The van der Waals surface area contributed by atoms with Crippen LogP contribution in [0, 0.1) is 5.92 Å². The van der Waals surface area contributed by atoms with Crippen LogP contribution in [0.5, 0.6) is 0 Å². The minimum atomic E-state index is 0.775. The van der Waals surface area contributed by atoms with Gasteiger partial charge in [0.15, 0.2) is 0 Å². The fourth-order valence-corrected chi connectivity index (χ4v) is 2.42. The summed E-state index contributed by atoms with van der Waals surface area (Å²) < 4.78 is 0. The van der Waals surface area contributed by atoms with Crippen LogP contribution >= 0.6 is 0 Å². The summed E-state index contributed by atoms with van der Waals surface area (Å²) in [7, 11) is 0. The van der Waals surface area contributed by atoms with E-state index in [-0.39, 0.29) is 0 Å². The second-order valence-corrected chi connectivity index (χ2v) is 5.17. The first kappa shape index (κ1) is 12.8. The molecule has 0 bridgehead atoms. The van der Waals surface area contributed by atoms with Crippen LogP contribution in [0.15, 0.2) is 11.6 Å². The fraction of sp³-hybridized carbons (Fsp3) is 0.857. The van der Waals surface area contributed by atoms with E-state index in [1.54, 1.807) is 0 Å². The van der Waals surface area contributed by atoms with Crippen LogP contribution in [0.3, 0.4) is 0 Å². The van der Waals surface area contributed by atoms with Crippen molar-refractivity contribution in [2.75, 3.05) is 6.54 Å². The predicted molar refractivity (Wildman–Crippen MR) is 68.1 cm³/mol. The molecule has 1 aliphatic rings. The average Bonchev–Trinajstić information content (AvgIpc) is 2.42. The molecule has 1 fully saturated rings. The van der Waals surface area contributed by atoms with Crippen LogP contribution in [0.4, 0.5) is 0 Å². The van der Waals surface area contributed by atoms with Crippen molar-refractivity contribution in [1.82, 2.24) is 5.32 Å². The molecule has 2 unspecified atom stereocenters. The smallest absolute Gasteiger partial charge is 0.0139 e. The Morgan fingerprint density at radius 1 is 1.20 bits per heavy atom. The van der Waals surface area contributed by atoms with Gasteiger partial charge in [-0.1, -0.05) is 37.8 Å². The minimum Gasteiger partial charge on any atom is -0.311 e. The van der Waals surface area contributed by atoms with E-state index in [9.17, 15) is 0 Å². The molecule has 0 radical (unpaired) electrons. The molecule has 15 heavy (non-hydrogen) atoms. The summed E-state index contributed by atoms with van der Waals surface area (Å²) in [5.41, 5.74) is 1.42. The second-order valence-electron chi connectivity index (χ2n) is 5.17. The summed E-state index contributed by atoms with van der Waals surface area (Å²) in [4.78, 5) is 0. The molecule has 0 saturated heterocycles.